The number of aromatic nitrogens is 2. The van der Waals surface area contributed by atoms with Gasteiger partial charge >= 0.3 is 6.61 Å². The molecule has 1 aromatic carbocycles. The third-order valence-corrected chi connectivity index (χ3v) is 5.30. The van der Waals surface area contributed by atoms with Crippen molar-refractivity contribution in [2.24, 2.45) is 0 Å². The molecule has 0 spiro atoms. The maximum Gasteiger partial charge on any atom is 0.387 e. The topological polar surface area (TPSA) is 71.5 Å². The average Bonchev–Trinajstić information content (AvgIpc) is 2.81. The maximum absolute atomic E-state index is 12.3. The fourth-order valence-electron chi connectivity index (χ4n) is 3.50. The molecule has 0 amide bonds. The monoisotopic (exact) mass is 471 g/mol. The summed E-state index contributed by atoms with van der Waals surface area (Å²) in [5.74, 6) is 2.04. The van der Waals surface area contributed by atoms with E-state index in [4.69, 9.17) is 17.0 Å². The second-order valence-electron chi connectivity index (χ2n) is 7.40. The van der Waals surface area contributed by atoms with E-state index in [0.29, 0.717) is 16.6 Å². The number of nitrogens with one attached hydrogen (secondary N) is 2. The highest BCUT2D eigenvalue weighted by atomic mass is 32.1. The molecule has 3 heterocycles. The van der Waals surface area contributed by atoms with Crippen LogP contribution in [0.4, 0.5) is 20.3 Å². The standard InChI is InChI=1S/C23H23F2N5O2S/c24-22(25)32-19-5-3-18(4-6-19)31-20-7-11-27-21(14-20)30-12-8-16(9-13-30)28-23(33)29-17-2-1-10-26-15-17/h1-7,10-11,14-16,22H,8-9,12-13H2,(H2,28,29,33). The first kappa shape index (κ1) is 22.7. The zero-order valence-corrected chi connectivity index (χ0v) is 18.5. The van der Waals surface area contributed by atoms with Crippen LogP contribution in [0.25, 0.3) is 0 Å². The molecule has 0 saturated carbocycles. The van der Waals surface area contributed by atoms with E-state index in [1.807, 2.05) is 18.2 Å². The fraction of sp³-hybridized carbons (Fsp3) is 0.261. The first-order chi connectivity index (χ1) is 16.0. The molecular weight excluding hydrogens is 448 g/mol. The minimum Gasteiger partial charge on any atom is -0.457 e. The van der Waals surface area contributed by atoms with Crippen LogP contribution in [-0.2, 0) is 0 Å². The van der Waals surface area contributed by atoms with Gasteiger partial charge in [-0.15, -0.1) is 0 Å². The molecule has 2 aromatic heterocycles. The SMILES string of the molecule is FC(F)Oc1ccc(Oc2ccnc(N3CCC(NC(=S)Nc4cccnc4)CC3)c2)cc1. The summed E-state index contributed by atoms with van der Waals surface area (Å²) in [7, 11) is 0. The number of hydrogen-bond acceptors (Lipinski definition) is 6. The Labute approximate surface area is 195 Å². The lowest BCUT2D eigenvalue weighted by atomic mass is 10.1. The van der Waals surface area contributed by atoms with Gasteiger partial charge in [-0.3, -0.25) is 4.98 Å². The summed E-state index contributed by atoms with van der Waals surface area (Å²) in [6.45, 7) is -1.21. The molecule has 3 aromatic rings. The molecule has 10 heteroatoms. The molecule has 0 radical (unpaired) electrons. The van der Waals surface area contributed by atoms with E-state index in [2.05, 4.69) is 30.2 Å². The van der Waals surface area contributed by atoms with Crippen LogP contribution in [0.1, 0.15) is 12.8 Å². The first-order valence-electron chi connectivity index (χ1n) is 10.5. The Morgan fingerprint density at radius 3 is 2.48 bits per heavy atom. The van der Waals surface area contributed by atoms with E-state index in [-0.39, 0.29) is 11.8 Å². The van der Waals surface area contributed by atoms with Crippen LogP contribution in [0.3, 0.4) is 0 Å². The van der Waals surface area contributed by atoms with Gasteiger partial charge in [-0.25, -0.2) is 4.98 Å². The lowest BCUT2D eigenvalue weighted by molar-refractivity contribution is -0.0498. The third kappa shape index (κ3) is 6.72. The number of piperidine rings is 1. The number of thiocarbonyl (C=S) groups is 1. The van der Waals surface area contributed by atoms with Gasteiger partial charge in [0.1, 0.15) is 23.1 Å². The number of hydrogen-bond donors (Lipinski definition) is 2. The van der Waals surface area contributed by atoms with Gasteiger partial charge in [0.25, 0.3) is 0 Å². The molecule has 7 nitrogen and oxygen atoms in total. The van der Waals surface area contributed by atoms with E-state index in [0.717, 1.165) is 37.4 Å². The van der Waals surface area contributed by atoms with E-state index in [9.17, 15) is 8.78 Å². The van der Waals surface area contributed by atoms with Gasteiger partial charge < -0.3 is 25.0 Å². The van der Waals surface area contributed by atoms with Gasteiger partial charge in [-0.2, -0.15) is 8.78 Å². The van der Waals surface area contributed by atoms with Gasteiger partial charge in [0, 0.05) is 37.6 Å². The second kappa shape index (κ2) is 10.9. The number of pyridine rings is 2. The van der Waals surface area contributed by atoms with E-state index in [1.54, 1.807) is 36.8 Å². The number of halogens is 2. The molecule has 1 saturated heterocycles. The zero-order valence-electron chi connectivity index (χ0n) is 17.7. The van der Waals surface area contributed by atoms with Gasteiger partial charge in [-0.05, 0) is 67.5 Å². The molecule has 0 atom stereocenters. The molecular formula is C23H23F2N5O2S. The molecule has 33 heavy (non-hydrogen) atoms. The molecule has 1 fully saturated rings. The Balaban J connectivity index is 1.28. The summed E-state index contributed by atoms with van der Waals surface area (Å²) in [5, 5.41) is 7.09. The van der Waals surface area contributed by atoms with Crippen molar-refractivity contribution in [2.45, 2.75) is 25.5 Å². The Morgan fingerprint density at radius 2 is 1.79 bits per heavy atom. The number of rotatable bonds is 7. The summed E-state index contributed by atoms with van der Waals surface area (Å²) in [4.78, 5) is 10.7. The van der Waals surface area contributed by atoms with Crippen LogP contribution in [0.5, 0.6) is 17.2 Å². The van der Waals surface area contributed by atoms with Crippen LogP contribution in [-0.4, -0.2) is 40.8 Å². The maximum atomic E-state index is 12.3. The van der Waals surface area contributed by atoms with E-state index < -0.39 is 6.61 Å². The average molecular weight is 472 g/mol. The molecule has 1 aliphatic heterocycles. The van der Waals surface area contributed by atoms with E-state index >= 15 is 0 Å². The van der Waals surface area contributed by atoms with Crippen LogP contribution in [0.2, 0.25) is 0 Å². The Morgan fingerprint density at radius 1 is 1.03 bits per heavy atom. The Bertz CT molecular complexity index is 1050. The van der Waals surface area contributed by atoms with Gasteiger partial charge in [-0.1, -0.05) is 0 Å². The van der Waals surface area contributed by atoms with Gasteiger partial charge in [0.2, 0.25) is 0 Å². The Hall–Kier alpha value is -3.53. The van der Waals surface area contributed by atoms with Crippen LogP contribution in [0.15, 0.2) is 67.1 Å². The highest BCUT2D eigenvalue weighted by molar-refractivity contribution is 7.80. The summed E-state index contributed by atoms with van der Waals surface area (Å²) in [5.41, 5.74) is 0.852. The predicted molar refractivity (Wildman–Crippen MR) is 126 cm³/mol. The highest BCUT2D eigenvalue weighted by Gasteiger charge is 2.21. The lowest BCUT2D eigenvalue weighted by Crippen LogP contribution is -2.46. The number of anilines is 2. The summed E-state index contributed by atoms with van der Waals surface area (Å²) >= 11 is 5.41. The van der Waals surface area contributed by atoms with Gasteiger partial charge in [0.05, 0.1) is 11.9 Å². The quantitative estimate of drug-likeness (QED) is 0.475. The number of nitrogens with zero attached hydrogens (tertiary/aromatic N) is 3. The number of benzene rings is 1. The predicted octanol–water partition coefficient (Wildman–Crippen LogP) is 4.83. The molecule has 2 N–H and O–H groups in total. The van der Waals surface area contributed by atoms with Crippen LogP contribution in [0, 0.1) is 0 Å². The van der Waals surface area contributed by atoms with Gasteiger partial charge in [0.15, 0.2) is 5.11 Å². The zero-order chi connectivity index (χ0) is 23.0. The van der Waals surface area contributed by atoms with Crippen molar-refractivity contribution in [3.8, 4) is 17.2 Å². The highest BCUT2D eigenvalue weighted by Crippen LogP contribution is 2.27. The van der Waals surface area contributed by atoms with Crippen molar-refractivity contribution in [3.63, 3.8) is 0 Å². The van der Waals surface area contributed by atoms with Crippen molar-refractivity contribution in [1.29, 1.82) is 0 Å². The van der Waals surface area contributed by atoms with Crippen molar-refractivity contribution in [3.05, 3.63) is 67.1 Å². The number of ether oxygens (including phenoxy) is 2. The minimum absolute atomic E-state index is 0.0827. The third-order valence-electron chi connectivity index (χ3n) is 5.08. The summed E-state index contributed by atoms with van der Waals surface area (Å²) < 4.78 is 34.8. The molecule has 0 bridgehead atoms. The van der Waals surface area contributed by atoms with Crippen molar-refractivity contribution in [1.82, 2.24) is 15.3 Å². The smallest absolute Gasteiger partial charge is 0.387 e. The number of alkyl halides is 2. The Kier molecular flexibility index (Phi) is 7.46. The molecule has 0 aliphatic carbocycles. The van der Waals surface area contributed by atoms with Crippen LogP contribution >= 0.6 is 12.2 Å². The fourth-order valence-corrected chi connectivity index (χ4v) is 3.79. The van der Waals surface area contributed by atoms with E-state index in [1.165, 1.54) is 12.1 Å². The van der Waals surface area contributed by atoms with Crippen molar-refractivity contribution in [2.75, 3.05) is 23.3 Å². The normalized spacial score (nSPS) is 14.1. The molecule has 1 aliphatic rings. The summed E-state index contributed by atoms with van der Waals surface area (Å²) in [6.07, 6.45) is 6.95. The summed E-state index contributed by atoms with van der Waals surface area (Å²) in [6, 6.07) is 13.7. The van der Waals surface area contributed by atoms with Crippen LogP contribution < -0.4 is 25.0 Å². The second-order valence-corrected chi connectivity index (χ2v) is 7.81. The first-order valence-corrected chi connectivity index (χ1v) is 10.9. The van der Waals surface area contributed by atoms with Crippen molar-refractivity contribution >= 4 is 28.8 Å². The van der Waals surface area contributed by atoms with Crippen molar-refractivity contribution < 1.29 is 18.3 Å². The lowest BCUT2D eigenvalue weighted by Gasteiger charge is -2.33. The minimum atomic E-state index is -2.85. The molecule has 4 rings (SSSR count). The largest absolute Gasteiger partial charge is 0.457 e. The molecule has 172 valence electrons. The molecule has 0 unspecified atom stereocenters.